The quantitative estimate of drug-likeness (QED) is 0.313. The summed E-state index contributed by atoms with van der Waals surface area (Å²) in [6.07, 6.45) is 2.90. The highest BCUT2D eigenvalue weighted by molar-refractivity contribution is 5.83. The van der Waals surface area contributed by atoms with Gasteiger partial charge in [-0.15, -0.1) is 0 Å². The molecule has 1 aromatic carbocycles. The van der Waals surface area contributed by atoms with Crippen molar-refractivity contribution in [2.75, 3.05) is 48.7 Å². The fourth-order valence-corrected chi connectivity index (χ4v) is 2.63. The van der Waals surface area contributed by atoms with Gasteiger partial charge in [0.2, 0.25) is 17.8 Å². The molecule has 0 fully saturated rings. The number of para-hydroxylation sites is 1. The number of hydrogen-bond donors (Lipinski definition) is 6. The molecule has 0 saturated heterocycles. The lowest BCUT2D eigenvalue weighted by molar-refractivity contribution is 0.928. The van der Waals surface area contributed by atoms with E-state index in [1.54, 1.807) is 0 Å². The highest BCUT2D eigenvalue weighted by atomic mass is 15.3. The molecule has 0 aliphatic carbocycles. The fraction of sp³-hybridized carbons (Fsp3) is 0.353. The molecule has 0 aliphatic rings. The first-order valence-electron chi connectivity index (χ1n) is 8.73. The van der Waals surface area contributed by atoms with Crippen LogP contribution in [0.25, 0.3) is 10.9 Å². The summed E-state index contributed by atoms with van der Waals surface area (Å²) in [5.74, 6) is 1.48. The maximum atomic E-state index is 5.53. The van der Waals surface area contributed by atoms with Crippen LogP contribution in [-0.4, -0.2) is 52.7 Å². The largest absolute Gasteiger partial charge is 0.361 e. The van der Waals surface area contributed by atoms with Crippen molar-refractivity contribution >= 4 is 28.7 Å². The molecule has 9 heteroatoms. The summed E-state index contributed by atoms with van der Waals surface area (Å²) in [6.45, 7) is 2.89. The van der Waals surface area contributed by atoms with Crippen LogP contribution in [0.1, 0.15) is 5.56 Å². The van der Waals surface area contributed by atoms with Crippen LogP contribution in [0.4, 0.5) is 17.8 Å². The van der Waals surface area contributed by atoms with Gasteiger partial charge in [0.1, 0.15) is 0 Å². The van der Waals surface area contributed by atoms with Gasteiger partial charge in [0, 0.05) is 49.8 Å². The Balaban J connectivity index is 1.65. The topological polar surface area (TPSA) is 143 Å². The van der Waals surface area contributed by atoms with E-state index in [4.69, 9.17) is 11.5 Å². The molecule has 138 valence electrons. The Bertz CT molecular complexity index is 804. The van der Waals surface area contributed by atoms with Gasteiger partial charge in [0.15, 0.2) is 0 Å². The Morgan fingerprint density at radius 2 is 1.38 bits per heavy atom. The molecule has 0 amide bonds. The lowest BCUT2D eigenvalue weighted by Gasteiger charge is -2.10. The fourth-order valence-electron chi connectivity index (χ4n) is 2.63. The lowest BCUT2D eigenvalue weighted by Crippen LogP contribution is -2.19. The number of anilines is 3. The van der Waals surface area contributed by atoms with Crippen molar-refractivity contribution in [2.24, 2.45) is 11.5 Å². The summed E-state index contributed by atoms with van der Waals surface area (Å²) in [5, 5.41) is 10.7. The van der Waals surface area contributed by atoms with E-state index < -0.39 is 0 Å². The van der Waals surface area contributed by atoms with Crippen LogP contribution in [0.5, 0.6) is 0 Å². The summed E-state index contributed by atoms with van der Waals surface area (Å²) in [6, 6.07) is 8.26. The van der Waals surface area contributed by atoms with E-state index in [1.165, 1.54) is 10.9 Å². The summed E-state index contributed by atoms with van der Waals surface area (Å²) in [4.78, 5) is 16.4. The highest BCUT2D eigenvalue weighted by Crippen LogP contribution is 2.18. The molecule has 0 bridgehead atoms. The van der Waals surface area contributed by atoms with Crippen molar-refractivity contribution in [3.63, 3.8) is 0 Å². The smallest absolute Gasteiger partial charge is 0.229 e. The molecule has 0 atom stereocenters. The first-order valence-corrected chi connectivity index (χ1v) is 8.73. The Morgan fingerprint density at radius 3 is 2.00 bits per heavy atom. The Labute approximate surface area is 152 Å². The van der Waals surface area contributed by atoms with Crippen molar-refractivity contribution in [3.05, 3.63) is 36.0 Å². The summed E-state index contributed by atoms with van der Waals surface area (Å²) in [5.41, 5.74) is 13.5. The molecule has 0 saturated carbocycles. The molecule has 0 radical (unpaired) electrons. The number of rotatable bonds is 10. The second-order valence-electron chi connectivity index (χ2n) is 5.77. The van der Waals surface area contributed by atoms with Gasteiger partial charge < -0.3 is 32.4 Å². The summed E-state index contributed by atoms with van der Waals surface area (Å²) < 4.78 is 0. The van der Waals surface area contributed by atoms with E-state index in [0.717, 1.165) is 11.9 Å². The van der Waals surface area contributed by atoms with Crippen LogP contribution in [-0.2, 0) is 6.42 Å². The minimum atomic E-state index is 0.486. The third kappa shape index (κ3) is 4.58. The SMILES string of the molecule is NCCNc1nc(NCCN)nc(NCCc2c[nH]c3ccccc23)n1. The van der Waals surface area contributed by atoms with Gasteiger partial charge in [0.05, 0.1) is 0 Å². The monoisotopic (exact) mass is 355 g/mol. The molecule has 0 aliphatic heterocycles. The Kier molecular flexibility index (Phi) is 6.18. The summed E-state index contributed by atoms with van der Waals surface area (Å²) in [7, 11) is 0. The first-order chi connectivity index (χ1) is 12.8. The van der Waals surface area contributed by atoms with Crippen LogP contribution in [0.15, 0.2) is 30.5 Å². The van der Waals surface area contributed by atoms with Crippen molar-refractivity contribution in [1.29, 1.82) is 0 Å². The number of nitrogens with one attached hydrogen (secondary N) is 4. The van der Waals surface area contributed by atoms with E-state index in [9.17, 15) is 0 Å². The number of benzene rings is 1. The average molecular weight is 355 g/mol. The number of aromatic amines is 1. The number of nitrogens with two attached hydrogens (primary N) is 2. The number of H-pyrrole nitrogens is 1. The second-order valence-corrected chi connectivity index (χ2v) is 5.77. The van der Waals surface area contributed by atoms with Gasteiger partial charge in [-0.25, -0.2) is 0 Å². The van der Waals surface area contributed by atoms with Crippen LogP contribution in [0.2, 0.25) is 0 Å². The van der Waals surface area contributed by atoms with Crippen LogP contribution < -0.4 is 27.4 Å². The number of nitrogens with zero attached hydrogens (tertiary/aromatic N) is 3. The predicted molar refractivity (Wildman–Crippen MR) is 105 cm³/mol. The molecular weight excluding hydrogens is 330 g/mol. The molecule has 0 spiro atoms. The number of hydrogen-bond acceptors (Lipinski definition) is 8. The van der Waals surface area contributed by atoms with Crippen LogP contribution >= 0.6 is 0 Å². The Morgan fingerprint density at radius 1 is 0.808 bits per heavy atom. The zero-order chi connectivity index (χ0) is 18.2. The van der Waals surface area contributed by atoms with Crippen LogP contribution in [0.3, 0.4) is 0 Å². The maximum Gasteiger partial charge on any atom is 0.229 e. The normalized spacial score (nSPS) is 10.8. The molecule has 2 aromatic heterocycles. The molecule has 0 unspecified atom stereocenters. The van der Waals surface area contributed by atoms with Gasteiger partial charge in [-0.2, -0.15) is 15.0 Å². The van der Waals surface area contributed by atoms with Gasteiger partial charge >= 0.3 is 0 Å². The van der Waals surface area contributed by atoms with Crippen molar-refractivity contribution < 1.29 is 0 Å². The molecular formula is C17H25N9. The minimum Gasteiger partial charge on any atom is -0.361 e. The van der Waals surface area contributed by atoms with E-state index in [1.807, 2.05) is 18.3 Å². The molecule has 3 rings (SSSR count). The Hall–Kier alpha value is -2.91. The number of aromatic nitrogens is 4. The van der Waals surface area contributed by atoms with Gasteiger partial charge in [-0.05, 0) is 18.1 Å². The predicted octanol–water partition coefficient (Wildman–Crippen LogP) is 0.749. The minimum absolute atomic E-state index is 0.486. The summed E-state index contributed by atoms with van der Waals surface area (Å²) >= 11 is 0. The standard InChI is InChI=1S/C17H25N9/c18-6-9-21-16-24-15(25-17(26-16)22-10-7-19)20-8-5-12-11-23-14-4-2-1-3-13(12)14/h1-4,11,23H,5-10,18-19H2,(H3,20,21,22,24,25,26). The zero-order valence-electron chi connectivity index (χ0n) is 14.6. The van der Waals surface area contributed by atoms with E-state index >= 15 is 0 Å². The number of fused-ring (bicyclic) bond motifs is 1. The highest BCUT2D eigenvalue weighted by Gasteiger charge is 2.07. The molecule has 9 nitrogen and oxygen atoms in total. The van der Waals surface area contributed by atoms with Gasteiger partial charge in [-0.1, -0.05) is 18.2 Å². The third-order valence-electron chi connectivity index (χ3n) is 3.84. The molecule has 2 heterocycles. The van der Waals surface area contributed by atoms with E-state index in [0.29, 0.717) is 50.6 Å². The van der Waals surface area contributed by atoms with Crippen molar-refractivity contribution in [1.82, 2.24) is 19.9 Å². The van der Waals surface area contributed by atoms with E-state index in [2.05, 4.69) is 48.0 Å². The molecule has 8 N–H and O–H groups in total. The van der Waals surface area contributed by atoms with Gasteiger partial charge in [-0.3, -0.25) is 0 Å². The third-order valence-corrected chi connectivity index (χ3v) is 3.84. The van der Waals surface area contributed by atoms with Crippen molar-refractivity contribution in [2.45, 2.75) is 6.42 Å². The van der Waals surface area contributed by atoms with Crippen molar-refractivity contribution in [3.8, 4) is 0 Å². The van der Waals surface area contributed by atoms with Crippen LogP contribution in [0, 0.1) is 0 Å². The van der Waals surface area contributed by atoms with Gasteiger partial charge in [0.25, 0.3) is 0 Å². The molecule has 3 aromatic rings. The first kappa shape index (κ1) is 17.9. The maximum absolute atomic E-state index is 5.53. The molecule has 26 heavy (non-hydrogen) atoms. The average Bonchev–Trinajstić information content (AvgIpc) is 3.08. The lowest BCUT2D eigenvalue weighted by atomic mass is 10.1. The van der Waals surface area contributed by atoms with E-state index in [-0.39, 0.29) is 0 Å². The second kappa shape index (κ2) is 8.97. The zero-order valence-corrected chi connectivity index (χ0v) is 14.6.